The Morgan fingerprint density at radius 1 is 1.77 bits per heavy atom. The van der Waals surface area contributed by atoms with Crippen molar-refractivity contribution in [2.75, 3.05) is 14.1 Å². The highest BCUT2D eigenvalue weighted by atomic mass is 16.2. The molecule has 0 bridgehead atoms. The SMILES string of the molecule is CNC(=O)N(C)Cc1cnn(C)c1. The summed E-state index contributed by atoms with van der Waals surface area (Å²) in [6, 6.07) is -0.0937. The first kappa shape index (κ1) is 9.57. The second-order valence-corrected chi connectivity index (χ2v) is 2.93. The maximum atomic E-state index is 11.1. The molecule has 1 aromatic heterocycles. The average molecular weight is 182 g/mol. The van der Waals surface area contributed by atoms with E-state index in [-0.39, 0.29) is 6.03 Å². The van der Waals surface area contributed by atoms with Crippen molar-refractivity contribution in [3.05, 3.63) is 18.0 Å². The van der Waals surface area contributed by atoms with Crippen LogP contribution in [0.2, 0.25) is 0 Å². The minimum Gasteiger partial charge on any atom is -0.341 e. The van der Waals surface area contributed by atoms with Crippen LogP contribution in [0.5, 0.6) is 0 Å². The molecule has 5 nitrogen and oxygen atoms in total. The number of rotatable bonds is 2. The van der Waals surface area contributed by atoms with Gasteiger partial charge in [-0.15, -0.1) is 0 Å². The van der Waals surface area contributed by atoms with Crippen LogP contribution < -0.4 is 5.32 Å². The van der Waals surface area contributed by atoms with Crippen molar-refractivity contribution < 1.29 is 4.79 Å². The van der Waals surface area contributed by atoms with Crippen molar-refractivity contribution in [3.63, 3.8) is 0 Å². The van der Waals surface area contributed by atoms with Gasteiger partial charge in [0.25, 0.3) is 0 Å². The molecule has 0 saturated heterocycles. The number of aromatic nitrogens is 2. The van der Waals surface area contributed by atoms with Crippen molar-refractivity contribution in [2.45, 2.75) is 6.54 Å². The molecule has 1 rings (SSSR count). The summed E-state index contributed by atoms with van der Waals surface area (Å²) >= 11 is 0. The number of aryl methyl sites for hydroxylation is 1. The molecule has 0 atom stereocenters. The number of hydrogen-bond acceptors (Lipinski definition) is 2. The zero-order valence-electron chi connectivity index (χ0n) is 8.11. The highest BCUT2D eigenvalue weighted by molar-refractivity contribution is 5.73. The van der Waals surface area contributed by atoms with E-state index in [2.05, 4.69) is 10.4 Å². The Kier molecular flexibility index (Phi) is 2.89. The van der Waals surface area contributed by atoms with Gasteiger partial charge in [-0.25, -0.2) is 4.79 Å². The molecule has 0 radical (unpaired) electrons. The van der Waals surface area contributed by atoms with E-state index in [1.54, 1.807) is 29.9 Å². The van der Waals surface area contributed by atoms with Crippen molar-refractivity contribution >= 4 is 6.03 Å². The predicted molar refractivity (Wildman–Crippen MR) is 49.1 cm³/mol. The zero-order chi connectivity index (χ0) is 9.84. The first-order valence-corrected chi connectivity index (χ1v) is 4.04. The molecule has 0 aliphatic rings. The molecule has 72 valence electrons. The molecule has 1 aromatic rings. The lowest BCUT2D eigenvalue weighted by molar-refractivity contribution is 0.209. The summed E-state index contributed by atoms with van der Waals surface area (Å²) in [5.74, 6) is 0. The van der Waals surface area contributed by atoms with Gasteiger partial charge in [0.2, 0.25) is 0 Å². The molecule has 0 fully saturated rings. The highest BCUT2D eigenvalue weighted by Gasteiger charge is 2.06. The van der Waals surface area contributed by atoms with Crippen LogP contribution in [-0.4, -0.2) is 34.8 Å². The second-order valence-electron chi connectivity index (χ2n) is 2.93. The fourth-order valence-corrected chi connectivity index (χ4v) is 1.09. The maximum Gasteiger partial charge on any atom is 0.317 e. The van der Waals surface area contributed by atoms with E-state index in [4.69, 9.17) is 0 Å². The van der Waals surface area contributed by atoms with Crippen molar-refractivity contribution in [2.24, 2.45) is 7.05 Å². The molecule has 1 heterocycles. The maximum absolute atomic E-state index is 11.1. The van der Waals surface area contributed by atoms with Crippen LogP contribution in [0.4, 0.5) is 4.79 Å². The van der Waals surface area contributed by atoms with Gasteiger partial charge in [0.1, 0.15) is 0 Å². The monoisotopic (exact) mass is 182 g/mol. The Morgan fingerprint density at radius 3 is 2.92 bits per heavy atom. The molecular weight excluding hydrogens is 168 g/mol. The molecule has 1 N–H and O–H groups in total. The average Bonchev–Trinajstić information content (AvgIpc) is 2.49. The van der Waals surface area contributed by atoms with E-state index < -0.39 is 0 Å². The van der Waals surface area contributed by atoms with Gasteiger partial charge in [-0.2, -0.15) is 5.10 Å². The minimum absolute atomic E-state index is 0.0937. The number of nitrogens with one attached hydrogen (secondary N) is 1. The third-order valence-corrected chi connectivity index (χ3v) is 1.74. The van der Waals surface area contributed by atoms with Gasteiger partial charge >= 0.3 is 6.03 Å². The lowest BCUT2D eigenvalue weighted by Gasteiger charge is -2.14. The van der Waals surface area contributed by atoms with Crippen molar-refractivity contribution in [1.29, 1.82) is 0 Å². The van der Waals surface area contributed by atoms with E-state index in [1.807, 2.05) is 13.2 Å². The fraction of sp³-hybridized carbons (Fsp3) is 0.500. The van der Waals surface area contributed by atoms with Gasteiger partial charge in [-0.3, -0.25) is 4.68 Å². The summed E-state index contributed by atoms with van der Waals surface area (Å²) < 4.78 is 1.72. The molecule has 0 aliphatic carbocycles. The predicted octanol–water partition coefficient (Wildman–Crippen LogP) is 0.191. The van der Waals surface area contributed by atoms with Crippen LogP contribution >= 0.6 is 0 Å². The molecule has 2 amide bonds. The van der Waals surface area contributed by atoms with Gasteiger partial charge in [-0.05, 0) is 0 Å². The van der Waals surface area contributed by atoms with Crippen LogP contribution in [0.3, 0.4) is 0 Å². The quantitative estimate of drug-likeness (QED) is 0.710. The lowest BCUT2D eigenvalue weighted by Crippen LogP contribution is -2.34. The largest absolute Gasteiger partial charge is 0.341 e. The lowest BCUT2D eigenvalue weighted by atomic mass is 10.3. The first-order valence-electron chi connectivity index (χ1n) is 4.04. The number of hydrogen-bond donors (Lipinski definition) is 1. The molecular formula is C8H14N4O. The van der Waals surface area contributed by atoms with E-state index in [0.717, 1.165) is 5.56 Å². The van der Waals surface area contributed by atoms with Crippen LogP contribution in [-0.2, 0) is 13.6 Å². The smallest absolute Gasteiger partial charge is 0.317 e. The van der Waals surface area contributed by atoms with Gasteiger partial charge in [0.15, 0.2) is 0 Å². The van der Waals surface area contributed by atoms with Crippen LogP contribution in [0.15, 0.2) is 12.4 Å². The summed E-state index contributed by atoms with van der Waals surface area (Å²) in [4.78, 5) is 12.7. The van der Waals surface area contributed by atoms with Gasteiger partial charge in [0.05, 0.1) is 12.7 Å². The molecule has 0 aliphatic heterocycles. The highest BCUT2D eigenvalue weighted by Crippen LogP contribution is 2.00. The number of carbonyl (C=O) groups excluding carboxylic acids is 1. The zero-order valence-corrected chi connectivity index (χ0v) is 8.11. The third kappa shape index (κ3) is 2.47. The summed E-state index contributed by atoms with van der Waals surface area (Å²) in [6.07, 6.45) is 3.64. The van der Waals surface area contributed by atoms with E-state index >= 15 is 0 Å². The molecule has 0 spiro atoms. The molecule has 13 heavy (non-hydrogen) atoms. The summed E-state index contributed by atoms with van der Waals surface area (Å²) in [6.45, 7) is 0.577. The van der Waals surface area contributed by atoms with Gasteiger partial charge in [-0.1, -0.05) is 0 Å². The Bertz CT molecular complexity index is 294. The molecule has 0 saturated carbocycles. The van der Waals surface area contributed by atoms with Crippen LogP contribution in [0, 0.1) is 0 Å². The van der Waals surface area contributed by atoms with Crippen LogP contribution in [0.1, 0.15) is 5.56 Å². The van der Waals surface area contributed by atoms with E-state index in [1.165, 1.54) is 0 Å². The fourth-order valence-electron chi connectivity index (χ4n) is 1.09. The Labute approximate surface area is 77.3 Å². The Morgan fingerprint density at radius 2 is 2.46 bits per heavy atom. The van der Waals surface area contributed by atoms with Gasteiger partial charge < -0.3 is 10.2 Å². The number of nitrogens with zero attached hydrogens (tertiary/aromatic N) is 3. The Hall–Kier alpha value is -1.52. The number of urea groups is 1. The topological polar surface area (TPSA) is 50.2 Å². The summed E-state index contributed by atoms with van der Waals surface area (Å²) in [7, 11) is 5.21. The first-order chi connectivity index (χ1) is 6.13. The van der Waals surface area contributed by atoms with E-state index in [0.29, 0.717) is 6.54 Å². The van der Waals surface area contributed by atoms with Crippen molar-refractivity contribution in [1.82, 2.24) is 20.0 Å². The molecule has 5 heteroatoms. The standard InChI is InChI=1S/C8H14N4O/c1-9-8(13)11(2)5-7-4-10-12(3)6-7/h4,6H,5H2,1-3H3,(H,9,13). The van der Waals surface area contributed by atoms with E-state index in [9.17, 15) is 4.79 Å². The Balaban J connectivity index is 2.54. The summed E-state index contributed by atoms with van der Waals surface area (Å²) in [5.41, 5.74) is 1.02. The van der Waals surface area contributed by atoms with Crippen LogP contribution in [0.25, 0.3) is 0 Å². The minimum atomic E-state index is -0.0937. The second kappa shape index (κ2) is 3.93. The number of carbonyl (C=O) groups is 1. The number of amides is 2. The molecule has 0 unspecified atom stereocenters. The summed E-state index contributed by atoms with van der Waals surface area (Å²) in [5, 5.41) is 6.56. The molecule has 0 aromatic carbocycles. The normalized spacial score (nSPS) is 9.77. The van der Waals surface area contributed by atoms with Gasteiger partial charge in [0, 0.05) is 32.9 Å². The van der Waals surface area contributed by atoms with Crippen molar-refractivity contribution in [3.8, 4) is 0 Å². The third-order valence-electron chi connectivity index (χ3n) is 1.74.